The Bertz CT molecular complexity index is 1290. The first-order valence-corrected chi connectivity index (χ1v) is 11.6. The Morgan fingerprint density at radius 3 is 2.47 bits per heavy atom. The van der Waals surface area contributed by atoms with Gasteiger partial charge in [-0.25, -0.2) is 23.1 Å². The summed E-state index contributed by atoms with van der Waals surface area (Å²) in [5, 5.41) is 10.5. The van der Waals surface area contributed by atoms with Gasteiger partial charge in [-0.2, -0.15) is 14.0 Å². The molecule has 1 aliphatic carbocycles. The molecule has 1 saturated carbocycles. The number of alkyl halides is 2. The van der Waals surface area contributed by atoms with Crippen LogP contribution in [-0.2, 0) is 10.0 Å². The van der Waals surface area contributed by atoms with E-state index >= 15 is 0 Å². The van der Waals surface area contributed by atoms with Crippen LogP contribution >= 0.6 is 0 Å². The number of hydrogen-bond donors (Lipinski definition) is 1. The fraction of sp³-hybridized carbons (Fsp3) is 0.381. The van der Waals surface area contributed by atoms with Crippen molar-refractivity contribution >= 4 is 20.9 Å². The SMILES string of the molecule is CC(C)NS(=O)(=O)c1cnc(-c2c(C#N)c3ccc(OC(F)F)cc3n2C2CCC2)nc1. The maximum Gasteiger partial charge on any atom is 0.387 e. The minimum atomic E-state index is -3.77. The zero-order valence-electron chi connectivity index (χ0n) is 17.4. The Labute approximate surface area is 183 Å². The summed E-state index contributed by atoms with van der Waals surface area (Å²) in [6.45, 7) is 0.441. The predicted octanol–water partition coefficient (Wildman–Crippen LogP) is 3.98. The molecule has 11 heteroatoms. The van der Waals surface area contributed by atoms with E-state index in [9.17, 15) is 22.5 Å². The van der Waals surface area contributed by atoms with Gasteiger partial charge in [0.05, 0.1) is 23.5 Å². The summed E-state index contributed by atoms with van der Waals surface area (Å²) in [5.41, 5.74) is 1.30. The molecule has 8 nitrogen and oxygen atoms in total. The first-order valence-electron chi connectivity index (χ1n) is 10.1. The number of aromatic nitrogens is 3. The highest BCUT2D eigenvalue weighted by Gasteiger charge is 2.29. The van der Waals surface area contributed by atoms with Crippen LogP contribution in [0.5, 0.6) is 5.75 Å². The molecule has 3 aromatic rings. The summed E-state index contributed by atoms with van der Waals surface area (Å²) < 4.78 is 59.1. The predicted molar refractivity (Wildman–Crippen MR) is 113 cm³/mol. The van der Waals surface area contributed by atoms with Gasteiger partial charge < -0.3 is 9.30 Å². The van der Waals surface area contributed by atoms with E-state index < -0.39 is 16.6 Å². The minimum Gasteiger partial charge on any atom is -0.435 e. The van der Waals surface area contributed by atoms with Gasteiger partial charge in [0.15, 0.2) is 5.82 Å². The molecule has 168 valence electrons. The number of nitrogens with zero attached hydrogens (tertiary/aromatic N) is 4. The molecule has 2 heterocycles. The van der Waals surface area contributed by atoms with E-state index in [0.29, 0.717) is 22.2 Å². The van der Waals surface area contributed by atoms with Crippen molar-refractivity contribution in [2.45, 2.75) is 56.7 Å². The number of nitrogens with one attached hydrogen (secondary N) is 1. The molecule has 1 aliphatic rings. The molecule has 2 aromatic heterocycles. The van der Waals surface area contributed by atoms with E-state index in [4.69, 9.17) is 0 Å². The maximum absolute atomic E-state index is 12.7. The van der Waals surface area contributed by atoms with Gasteiger partial charge in [-0.05, 0) is 45.2 Å². The van der Waals surface area contributed by atoms with Gasteiger partial charge >= 0.3 is 6.61 Å². The van der Waals surface area contributed by atoms with Crippen molar-refractivity contribution in [1.82, 2.24) is 19.3 Å². The molecular weight excluding hydrogens is 440 g/mol. The monoisotopic (exact) mass is 461 g/mol. The number of hydrogen-bond acceptors (Lipinski definition) is 6. The highest BCUT2D eigenvalue weighted by molar-refractivity contribution is 7.89. The molecule has 1 N–H and O–H groups in total. The molecule has 1 aromatic carbocycles. The number of halogens is 2. The van der Waals surface area contributed by atoms with Crippen LogP contribution < -0.4 is 9.46 Å². The van der Waals surface area contributed by atoms with Crippen LogP contribution in [0.15, 0.2) is 35.5 Å². The van der Waals surface area contributed by atoms with Crippen LogP contribution in [0.4, 0.5) is 8.78 Å². The lowest BCUT2D eigenvalue weighted by Crippen LogP contribution is -2.30. The quantitative estimate of drug-likeness (QED) is 0.570. The van der Waals surface area contributed by atoms with Gasteiger partial charge in [0.1, 0.15) is 22.4 Å². The van der Waals surface area contributed by atoms with Crippen molar-refractivity contribution in [3.05, 3.63) is 36.2 Å². The van der Waals surface area contributed by atoms with Crippen LogP contribution in [0.25, 0.3) is 22.4 Å². The zero-order chi connectivity index (χ0) is 23.0. The van der Waals surface area contributed by atoms with Crippen molar-refractivity contribution in [3.8, 4) is 23.3 Å². The molecule has 0 bridgehead atoms. The molecule has 32 heavy (non-hydrogen) atoms. The van der Waals surface area contributed by atoms with Gasteiger partial charge in [-0.1, -0.05) is 0 Å². The minimum absolute atomic E-state index is 0.0104. The Hall–Kier alpha value is -3.10. The lowest BCUT2D eigenvalue weighted by atomic mass is 9.92. The van der Waals surface area contributed by atoms with Crippen LogP contribution in [0, 0.1) is 11.3 Å². The van der Waals surface area contributed by atoms with Crippen LogP contribution in [0.2, 0.25) is 0 Å². The molecule has 1 fully saturated rings. The molecule has 4 rings (SSSR count). The lowest BCUT2D eigenvalue weighted by Gasteiger charge is -2.29. The first kappa shape index (κ1) is 22.1. The third-order valence-corrected chi connectivity index (χ3v) is 6.91. The molecular formula is C21H21F2N5O3S. The largest absolute Gasteiger partial charge is 0.435 e. The number of ether oxygens (including phenoxy) is 1. The van der Waals surface area contributed by atoms with E-state index in [1.807, 2.05) is 4.57 Å². The summed E-state index contributed by atoms with van der Waals surface area (Å²) in [6, 6.07) is 6.36. The van der Waals surface area contributed by atoms with E-state index in [-0.39, 0.29) is 28.6 Å². The second-order valence-corrected chi connectivity index (χ2v) is 9.58. The fourth-order valence-corrected chi connectivity index (χ4v) is 4.92. The third kappa shape index (κ3) is 4.03. The Morgan fingerprint density at radius 1 is 1.25 bits per heavy atom. The Balaban J connectivity index is 1.87. The van der Waals surface area contributed by atoms with E-state index in [0.717, 1.165) is 19.3 Å². The first-order chi connectivity index (χ1) is 15.2. The second-order valence-electron chi connectivity index (χ2n) is 7.87. The van der Waals surface area contributed by atoms with Gasteiger partial charge in [0, 0.05) is 23.5 Å². The van der Waals surface area contributed by atoms with Crippen molar-refractivity contribution in [1.29, 1.82) is 5.26 Å². The molecule has 0 saturated heterocycles. The number of rotatable bonds is 7. The summed E-state index contributed by atoms with van der Waals surface area (Å²) in [4.78, 5) is 8.40. The summed E-state index contributed by atoms with van der Waals surface area (Å²) in [5.74, 6) is 0.174. The normalized spacial score (nSPS) is 14.7. The van der Waals surface area contributed by atoms with E-state index in [1.54, 1.807) is 19.9 Å². The van der Waals surface area contributed by atoms with Gasteiger partial charge in [-0.3, -0.25) is 0 Å². The van der Waals surface area contributed by atoms with Crippen LogP contribution in [0.1, 0.15) is 44.7 Å². The zero-order valence-corrected chi connectivity index (χ0v) is 18.2. The van der Waals surface area contributed by atoms with Gasteiger partial charge in [-0.15, -0.1) is 0 Å². The number of benzene rings is 1. The van der Waals surface area contributed by atoms with E-state index in [1.165, 1.54) is 24.5 Å². The van der Waals surface area contributed by atoms with Crippen molar-refractivity contribution in [2.75, 3.05) is 0 Å². The maximum atomic E-state index is 12.7. The van der Waals surface area contributed by atoms with E-state index in [2.05, 4.69) is 25.5 Å². The number of fused-ring (bicyclic) bond motifs is 1. The molecule has 0 aliphatic heterocycles. The van der Waals surface area contributed by atoms with Gasteiger partial charge in [0.25, 0.3) is 0 Å². The Morgan fingerprint density at radius 2 is 1.94 bits per heavy atom. The van der Waals surface area contributed by atoms with Gasteiger partial charge in [0.2, 0.25) is 10.0 Å². The Kier molecular flexibility index (Phi) is 5.83. The number of nitriles is 1. The highest BCUT2D eigenvalue weighted by Crippen LogP contribution is 2.42. The van der Waals surface area contributed by atoms with Crippen molar-refractivity contribution < 1.29 is 21.9 Å². The standard InChI is InChI=1S/C21H21F2N5O3S/c1-12(2)27-32(29,30)15-10-25-20(26-11-15)19-17(9-24)16-7-6-14(31-21(22)23)8-18(16)28(19)13-4-3-5-13/h6-8,10-13,21,27H,3-5H2,1-2H3. The molecule has 0 spiro atoms. The number of sulfonamides is 1. The molecule has 0 unspecified atom stereocenters. The van der Waals surface area contributed by atoms with Crippen molar-refractivity contribution in [3.63, 3.8) is 0 Å². The lowest BCUT2D eigenvalue weighted by molar-refractivity contribution is -0.0497. The summed E-state index contributed by atoms with van der Waals surface area (Å²) in [7, 11) is -3.77. The third-order valence-electron chi connectivity index (χ3n) is 5.29. The molecule has 0 atom stereocenters. The summed E-state index contributed by atoms with van der Waals surface area (Å²) >= 11 is 0. The second kappa shape index (κ2) is 8.44. The fourth-order valence-electron chi connectivity index (χ4n) is 3.78. The average Bonchev–Trinajstić information content (AvgIpc) is 2.99. The summed E-state index contributed by atoms with van der Waals surface area (Å²) in [6.07, 6.45) is 5.10. The molecule has 0 amide bonds. The smallest absolute Gasteiger partial charge is 0.387 e. The topological polar surface area (TPSA) is 110 Å². The van der Waals surface area contributed by atoms with Crippen LogP contribution in [-0.4, -0.2) is 35.6 Å². The molecule has 0 radical (unpaired) electrons. The highest BCUT2D eigenvalue weighted by atomic mass is 32.2. The van der Waals surface area contributed by atoms with Crippen LogP contribution in [0.3, 0.4) is 0 Å². The average molecular weight is 461 g/mol. The van der Waals surface area contributed by atoms with Crippen molar-refractivity contribution in [2.24, 2.45) is 0 Å².